The molecule has 1 aromatic carbocycles. The highest BCUT2D eigenvalue weighted by Gasteiger charge is 2.23. The van der Waals surface area contributed by atoms with Crippen LogP contribution in [-0.2, 0) is 35.3 Å². The van der Waals surface area contributed by atoms with Crippen molar-refractivity contribution < 1.29 is 9.53 Å². The molecule has 1 aliphatic carbocycles. The second-order valence-corrected chi connectivity index (χ2v) is 8.94. The van der Waals surface area contributed by atoms with Crippen molar-refractivity contribution in [2.24, 2.45) is 0 Å². The maximum atomic E-state index is 13.4. The third kappa shape index (κ3) is 3.86. The summed E-state index contributed by atoms with van der Waals surface area (Å²) in [7, 11) is 1.39. The van der Waals surface area contributed by atoms with Crippen LogP contribution in [0.15, 0.2) is 40.3 Å². The number of carbonyl (C=O) groups is 1. The van der Waals surface area contributed by atoms with Gasteiger partial charge < -0.3 is 4.74 Å². The summed E-state index contributed by atoms with van der Waals surface area (Å²) in [5.74, 6) is 0.294. The van der Waals surface area contributed by atoms with Crippen molar-refractivity contribution in [2.45, 2.75) is 43.8 Å². The highest BCUT2D eigenvalue weighted by atomic mass is 32.2. The van der Waals surface area contributed by atoms with Crippen molar-refractivity contribution in [2.75, 3.05) is 12.9 Å². The van der Waals surface area contributed by atoms with Gasteiger partial charge in [-0.2, -0.15) is 0 Å². The number of carbonyl (C=O) groups excluding carboxylic acids is 1. The lowest BCUT2D eigenvalue weighted by Crippen LogP contribution is -2.24. The number of thioether (sulfide) groups is 1. The minimum absolute atomic E-state index is 0.0564. The molecule has 1 aliphatic rings. The number of methoxy groups -OCH3 is 1. The van der Waals surface area contributed by atoms with Crippen LogP contribution < -0.4 is 5.56 Å². The van der Waals surface area contributed by atoms with Crippen molar-refractivity contribution in [3.63, 3.8) is 0 Å². The Bertz CT molecular complexity index is 1060. The van der Waals surface area contributed by atoms with Gasteiger partial charge >= 0.3 is 5.97 Å². The molecule has 0 N–H and O–H groups in total. The summed E-state index contributed by atoms with van der Waals surface area (Å²) < 4.78 is 6.51. The van der Waals surface area contributed by atoms with E-state index in [1.54, 1.807) is 15.9 Å². The second-order valence-electron chi connectivity index (χ2n) is 6.80. The van der Waals surface area contributed by atoms with Gasteiger partial charge in [0.2, 0.25) is 0 Å². The molecule has 0 amide bonds. The smallest absolute Gasteiger partial charge is 0.306 e. The molecule has 2 aromatic heterocycles. The summed E-state index contributed by atoms with van der Waals surface area (Å²) in [6, 6.07) is 10.2. The first kappa shape index (κ1) is 19.2. The van der Waals surface area contributed by atoms with Gasteiger partial charge in [-0.3, -0.25) is 14.2 Å². The number of aromatic nitrogens is 2. The van der Waals surface area contributed by atoms with E-state index < -0.39 is 0 Å². The number of benzene rings is 1. The standard InChI is InChI=1S/C21H22N2O3S2/c1-26-17(24)11-13-27-21-22-19-18(15-8-5-9-16(15)28-19)20(25)23(21)12-10-14-6-3-2-4-7-14/h2-4,6-7H,5,8-13H2,1H3. The molecule has 5 nitrogen and oxygen atoms in total. The number of hydrogen-bond donors (Lipinski definition) is 0. The van der Waals surface area contributed by atoms with Gasteiger partial charge in [0, 0.05) is 17.2 Å². The lowest BCUT2D eigenvalue weighted by molar-refractivity contribution is -0.140. The van der Waals surface area contributed by atoms with E-state index in [1.807, 2.05) is 18.2 Å². The summed E-state index contributed by atoms with van der Waals surface area (Å²) in [5, 5.41) is 1.50. The molecule has 0 spiro atoms. The van der Waals surface area contributed by atoms with Crippen molar-refractivity contribution in [1.82, 2.24) is 9.55 Å². The Morgan fingerprint density at radius 2 is 2.11 bits per heavy atom. The zero-order chi connectivity index (χ0) is 19.5. The summed E-state index contributed by atoms with van der Waals surface area (Å²) in [5.41, 5.74) is 2.45. The topological polar surface area (TPSA) is 61.2 Å². The average Bonchev–Trinajstić information content (AvgIpc) is 3.29. The summed E-state index contributed by atoms with van der Waals surface area (Å²) in [6.45, 7) is 0.580. The molecule has 28 heavy (non-hydrogen) atoms. The Morgan fingerprint density at radius 1 is 1.29 bits per heavy atom. The van der Waals surface area contributed by atoms with E-state index in [-0.39, 0.29) is 11.5 Å². The van der Waals surface area contributed by atoms with Gasteiger partial charge in [0.25, 0.3) is 5.56 Å². The van der Waals surface area contributed by atoms with Gasteiger partial charge in [0.1, 0.15) is 4.83 Å². The zero-order valence-electron chi connectivity index (χ0n) is 15.8. The molecule has 2 heterocycles. The average molecular weight is 415 g/mol. The molecule has 3 aromatic rings. The van der Waals surface area contributed by atoms with Gasteiger partial charge in [-0.25, -0.2) is 4.98 Å². The Morgan fingerprint density at radius 3 is 2.89 bits per heavy atom. The van der Waals surface area contributed by atoms with Crippen LogP contribution in [0.4, 0.5) is 0 Å². The third-order valence-corrected chi connectivity index (χ3v) is 7.19. The second kappa shape index (κ2) is 8.49. The number of ether oxygens (including phenoxy) is 1. The Kier molecular flexibility index (Phi) is 5.82. The molecule has 0 radical (unpaired) electrons. The van der Waals surface area contributed by atoms with Crippen molar-refractivity contribution >= 4 is 39.3 Å². The van der Waals surface area contributed by atoms with Crippen LogP contribution in [-0.4, -0.2) is 28.4 Å². The fourth-order valence-corrected chi connectivity index (χ4v) is 5.83. The molecule has 0 aliphatic heterocycles. The minimum Gasteiger partial charge on any atom is -0.469 e. The molecular formula is C21H22N2O3S2. The Labute approximate surface area is 171 Å². The van der Waals surface area contributed by atoms with Crippen LogP contribution in [0.3, 0.4) is 0 Å². The van der Waals surface area contributed by atoms with Crippen LogP contribution in [0, 0.1) is 0 Å². The van der Waals surface area contributed by atoms with Gasteiger partial charge in [-0.1, -0.05) is 42.1 Å². The number of nitrogens with zero attached hydrogens (tertiary/aromatic N) is 2. The lowest BCUT2D eigenvalue weighted by Gasteiger charge is -2.12. The van der Waals surface area contributed by atoms with Crippen molar-refractivity contribution in [3.05, 3.63) is 56.7 Å². The van der Waals surface area contributed by atoms with Crippen LogP contribution in [0.25, 0.3) is 10.2 Å². The van der Waals surface area contributed by atoms with Crippen molar-refractivity contribution in [1.29, 1.82) is 0 Å². The van der Waals surface area contributed by atoms with E-state index in [9.17, 15) is 9.59 Å². The van der Waals surface area contributed by atoms with Crippen LogP contribution in [0.2, 0.25) is 0 Å². The predicted octanol–water partition coefficient (Wildman–Crippen LogP) is 3.84. The first-order chi connectivity index (χ1) is 13.7. The number of thiophene rings is 1. The zero-order valence-corrected chi connectivity index (χ0v) is 17.4. The first-order valence-electron chi connectivity index (χ1n) is 9.46. The predicted molar refractivity (Wildman–Crippen MR) is 113 cm³/mol. The van der Waals surface area contributed by atoms with E-state index in [2.05, 4.69) is 12.1 Å². The highest BCUT2D eigenvalue weighted by molar-refractivity contribution is 7.99. The minimum atomic E-state index is -0.248. The van der Waals surface area contributed by atoms with E-state index in [1.165, 1.54) is 34.9 Å². The monoisotopic (exact) mass is 414 g/mol. The number of esters is 1. The largest absolute Gasteiger partial charge is 0.469 e. The molecule has 7 heteroatoms. The quantitative estimate of drug-likeness (QED) is 0.334. The van der Waals surface area contributed by atoms with Crippen LogP contribution in [0.1, 0.15) is 28.8 Å². The Hall–Kier alpha value is -2.12. The maximum Gasteiger partial charge on any atom is 0.306 e. The molecule has 0 saturated carbocycles. The number of aryl methyl sites for hydroxylation is 3. The summed E-state index contributed by atoms with van der Waals surface area (Å²) in [4.78, 5) is 31.8. The maximum absolute atomic E-state index is 13.4. The molecule has 0 atom stereocenters. The fraction of sp³-hybridized carbons (Fsp3) is 0.381. The van der Waals surface area contributed by atoms with E-state index in [4.69, 9.17) is 9.72 Å². The Balaban J connectivity index is 1.68. The summed E-state index contributed by atoms with van der Waals surface area (Å²) >= 11 is 3.11. The molecule has 4 rings (SSSR count). The summed E-state index contributed by atoms with van der Waals surface area (Å²) in [6.07, 6.45) is 4.21. The number of fused-ring (bicyclic) bond motifs is 3. The molecular weight excluding hydrogens is 392 g/mol. The number of rotatable bonds is 7. The first-order valence-corrected chi connectivity index (χ1v) is 11.3. The lowest BCUT2D eigenvalue weighted by atomic mass is 10.1. The number of hydrogen-bond acceptors (Lipinski definition) is 6. The molecule has 0 unspecified atom stereocenters. The molecule has 0 saturated heterocycles. The molecule has 146 valence electrons. The third-order valence-electron chi connectivity index (χ3n) is 5.02. The van der Waals surface area contributed by atoms with E-state index in [0.717, 1.165) is 35.9 Å². The fourth-order valence-electron chi connectivity index (χ4n) is 3.58. The highest BCUT2D eigenvalue weighted by Crippen LogP contribution is 2.35. The van der Waals surface area contributed by atoms with Gasteiger partial charge in [0.05, 0.1) is 18.9 Å². The molecule has 0 fully saturated rings. The van der Waals surface area contributed by atoms with Crippen LogP contribution in [0.5, 0.6) is 0 Å². The van der Waals surface area contributed by atoms with Crippen molar-refractivity contribution in [3.8, 4) is 0 Å². The van der Waals surface area contributed by atoms with E-state index in [0.29, 0.717) is 23.9 Å². The SMILES string of the molecule is COC(=O)CCSc1nc2sc3c(c2c(=O)n1CCc1ccccc1)CCC3. The van der Waals surface area contributed by atoms with Gasteiger partial charge in [0.15, 0.2) is 5.16 Å². The van der Waals surface area contributed by atoms with Crippen LogP contribution >= 0.6 is 23.1 Å². The van der Waals surface area contributed by atoms with Gasteiger partial charge in [-0.15, -0.1) is 11.3 Å². The normalized spacial score (nSPS) is 13.0. The molecule has 0 bridgehead atoms. The van der Waals surface area contributed by atoms with Gasteiger partial charge in [-0.05, 0) is 36.8 Å². The van der Waals surface area contributed by atoms with E-state index >= 15 is 0 Å².